The van der Waals surface area contributed by atoms with Crippen LogP contribution in [0.15, 0.2) is 40.9 Å². The standard InChI is InChI=1S/C23H27BrCl3N3O4S/c1-4-5-9-28-23(32)15(2)29(13-16-7-6-8-17(24)10-16)22(31)14-30(35(3,33)34)21-12-19(26)18(25)11-20(21)27/h6-8,10-12,15H,4-5,9,13-14H2,1-3H3,(H,28,32). The van der Waals surface area contributed by atoms with Gasteiger partial charge in [-0.1, -0.05) is 76.2 Å². The van der Waals surface area contributed by atoms with Gasteiger partial charge in [-0.15, -0.1) is 0 Å². The molecule has 192 valence electrons. The van der Waals surface area contributed by atoms with E-state index in [0.717, 1.165) is 33.4 Å². The molecule has 2 aromatic rings. The van der Waals surface area contributed by atoms with Gasteiger partial charge in [0, 0.05) is 17.6 Å². The first-order valence-electron chi connectivity index (χ1n) is 10.8. The molecule has 7 nitrogen and oxygen atoms in total. The number of sulfonamides is 1. The van der Waals surface area contributed by atoms with E-state index in [4.69, 9.17) is 34.8 Å². The molecule has 0 spiro atoms. The summed E-state index contributed by atoms with van der Waals surface area (Å²) in [6.45, 7) is 3.60. The van der Waals surface area contributed by atoms with Crippen molar-refractivity contribution in [2.75, 3.05) is 23.7 Å². The van der Waals surface area contributed by atoms with Crippen LogP contribution in [-0.2, 0) is 26.2 Å². The number of amides is 2. The van der Waals surface area contributed by atoms with Gasteiger partial charge < -0.3 is 10.2 Å². The molecule has 1 unspecified atom stereocenters. The number of hydrogen-bond donors (Lipinski definition) is 1. The summed E-state index contributed by atoms with van der Waals surface area (Å²) in [5, 5.41) is 3.07. The van der Waals surface area contributed by atoms with Gasteiger partial charge in [-0.3, -0.25) is 13.9 Å². The van der Waals surface area contributed by atoms with E-state index in [9.17, 15) is 18.0 Å². The molecule has 1 atom stereocenters. The largest absolute Gasteiger partial charge is 0.354 e. The molecule has 0 fully saturated rings. The SMILES string of the molecule is CCCCNC(=O)C(C)N(Cc1cccc(Br)c1)C(=O)CN(c1cc(Cl)c(Cl)cc1Cl)S(C)(=O)=O. The topological polar surface area (TPSA) is 86.8 Å². The fourth-order valence-corrected chi connectivity index (χ4v) is 5.24. The highest BCUT2D eigenvalue weighted by molar-refractivity contribution is 9.10. The number of carbonyl (C=O) groups excluding carboxylic acids is 2. The second kappa shape index (κ2) is 13.1. The maximum Gasteiger partial charge on any atom is 0.244 e. The van der Waals surface area contributed by atoms with Crippen LogP contribution >= 0.6 is 50.7 Å². The van der Waals surface area contributed by atoms with Gasteiger partial charge in [0.25, 0.3) is 0 Å². The zero-order valence-corrected chi connectivity index (χ0v) is 24.2. The first-order chi connectivity index (χ1) is 16.3. The minimum absolute atomic E-state index is 0.0133. The maximum absolute atomic E-state index is 13.5. The number of halogens is 4. The lowest BCUT2D eigenvalue weighted by atomic mass is 10.1. The third kappa shape index (κ3) is 8.53. The highest BCUT2D eigenvalue weighted by atomic mass is 79.9. The quantitative estimate of drug-likeness (QED) is 0.263. The third-order valence-corrected chi connectivity index (χ3v) is 7.82. The van der Waals surface area contributed by atoms with Crippen molar-refractivity contribution in [2.45, 2.75) is 39.3 Å². The first-order valence-corrected chi connectivity index (χ1v) is 14.6. The maximum atomic E-state index is 13.5. The molecule has 0 aliphatic rings. The Hall–Kier alpha value is -1.52. The number of benzene rings is 2. The fourth-order valence-electron chi connectivity index (χ4n) is 3.25. The molecule has 0 aliphatic heterocycles. The summed E-state index contributed by atoms with van der Waals surface area (Å²) in [5.41, 5.74) is 0.777. The molecular weight excluding hydrogens is 601 g/mol. The average Bonchev–Trinajstić information content (AvgIpc) is 2.77. The van der Waals surface area contributed by atoms with Crippen LogP contribution in [0.1, 0.15) is 32.3 Å². The Morgan fingerprint density at radius 3 is 2.34 bits per heavy atom. The van der Waals surface area contributed by atoms with Crippen LogP contribution in [0.2, 0.25) is 15.1 Å². The number of unbranched alkanes of at least 4 members (excludes halogenated alkanes) is 1. The average molecular weight is 628 g/mol. The molecule has 0 aliphatic carbocycles. The molecule has 2 aromatic carbocycles. The van der Waals surface area contributed by atoms with E-state index in [1.54, 1.807) is 6.92 Å². The molecule has 0 aromatic heterocycles. The summed E-state index contributed by atoms with van der Waals surface area (Å²) in [6, 6.07) is 9.04. The van der Waals surface area contributed by atoms with E-state index in [2.05, 4.69) is 21.2 Å². The van der Waals surface area contributed by atoms with Crippen LogP contribution in [0, 0.1) is 0 Å². The molecule has 35 heavy (non-hydrogen) atoms. The second-order valence-corrected chi connectivity index (χ2v) is 12.0. The minimum Gasteiger partial charge on any atom is -0.354 e. The van der Waals surface area contributed by atoms with Gasteiger partial charge in [0.05, 0.1) is 27.0 Å². The summed E-state index contributed by atoms with van der Waals surface area (Å²) < 4.78 is 27.0. The first kappa shape index (κ1) is 29.7. The minimum atomic E-state index is -3.95. The van der Waals surface area contributed by atoms with Crippen LogP contribution in [0.3, 0.4) is 0 Å². The normalized spacial score (nSPS) is 12.2. The number of nitrogens with one attached hydrogen (secondary N) is 1. The van der Waals surface area contributed by atoms with Crippen molar-refractivity contribution in [3.05, 3.63) is 61.5 Å². The van der Waals surface area contributed by atoms with E-state index in [-0.39, 0.29) is 33.2 Å². The lowest BCUT2D eigenvalue weighted by molar-refractivity contribution is -0.139. The van der Waals surface area contributed by atoms with Gasteiger partial charge >= 0.3 is 0 Å². The summed E-state index contributed by atoms with van der Waals surface area (Å²) in [4.78, 5) is 27.7. The van der Waals surface area contributed by atoms with Crippen LogP contribution in [0.4, 0.5) is 5.69 Å². The lowest BCUT2D eigenvalue weighted by Gasteiger charge is -2.31. The van der Waals surface area contributed by atoms with Gasteiger partial charge in [-0.25, -0.2) is 8.42 Å². The zero-order valence-electron chi connectivity index (χ0n) is 19.5. The Bertz CT molecular complexity index is 1180. The molecule has 0 saturated heterocycles. The van der Waals surface area contributed by atoms with Crippen molar-refractivity contribution in [1.29, 1.82) is 0 Å². The Morgan fingerprint density at radius 1 is 1.09 bits per heavy atom. The van der Waals surface area contributed by atoms with Crippen molar-refractivity contribution < 1.29 is 18.0 Å². The molecule has 2 rings (SSSR count). The molecule has 0 radical (unpaired) electrons. The second-order valence-electron chi connectivity index (χ2n) is 7.96. The molecular formula is C23H27BrCl3N3O4S. The Morgan fingerprint density at radius 2 is 1.74 bits per heavy atom. The molecule has 0 bridgehead atoms. The summed E-state index contributed by atoms with van der Waals surface area (Å²) in [7, 11) is -3.95. The van der Waals surface area contributed by atoms with Crippen molar-refractivity contribution >= 4 is 78.3 Å². The predicted octanol–water partition coefficient (Wildman–Crippen LogP) is 5.51. The number of hydrogen-bond acceptors (Lipinski definition) is 4. The van der Waals surface area contributed by atoms with Crippen molar-refractivity contribution in [3.8, 4) is 0 Å². The van der Waals surface area contributed by atoms with E-state index in [1.165, 1.54) is 17.0 Å². The fraction of sp³-hybridized carbons (Fsp3) is 0.391. The van der Waals surface area contributed by atoms with Gasteiger partial charge in [-0.2, -0.15) is 0 Å². The summed E-state index contributed by atoms with van der Waals surface area (Å²) in [6.07, 6.45) is 2.66. The van der Waals surface area contributed by atoms with Gasteiger partial charge in [0.2, 0.25) is 21.8 Å². The molecule has 2 amide bonds. The van der Waals surface area contributed by atoms with E-state index < -0.39 is 28.5 Å². The van der Waals surface area contributed by atoms with Crippen molar-refractivity contribution in [3.63, 3.8) is 0 Å². The Kier molecular flexibility index (Phi) is 11.2. The zero-order chi connectivity index (χ0) is 26.3. The predicted molar refractivity (Wildman–Crippen MR) is 146 cm³/mol. The smallest absolute Gasteiger partial charge is 0.244 e. The molecule has 0 saturated carbocycles. The highest BCUT2D eigenvalue weighted by Gasteiger charge is 2.31. The summed E-state index contributed by atoms with van der Waals surface area (Å²) in [5.74, 6) is -0.920. The monoisotopic (exact) mass is 625 g/mol. The third-order valence-electron chi connectivity index (χ3n) is 5.18. The number of anilines is 1. The van der Waals surface area contributed by atoms with Gasteiger partial charge in [0.1, 0.15) is 12.6 Å². The Balaban J connectivity index is 2.42. The van der Waals surface area contributed by atoms with Crippen LogP contribution in [0.25, 0.3) is 0 Å². The van der Waals surface area contributed by atoms with Gasteiger partial charge in [-0.05, 0) is 43.2 Å². The number of nitrogens with zero attached hydrogens (tertiary/aromatic N) is 2. The highest BCUT2D eigenvalue weighted by Crippen LogP contribution is 2.35. The summed E-state index contributed by atoms with van der Waals surface area (Å²) >= 11 is 21.7. The number of rotatable bonds is 11. The van der Waals surface area contributed by atoms with Crippen LogP contribution in [-0.4, -0.2) is 50.5 Å². The van der Waals surface area contributed by atoms with E-state index in [0.29, 0.717) is 6.54 Å². The van der Waals surface area contributed by atoms with Gasteiger partial charge in [0.15, 0.2) is 0 Å². The van der Waals surface area contributed by atoms with Crippen LogP contribution in [0.5, 0.6) is 0 Å². The molecule has 0 heterocycles. The lowest BCUT2D eigenvalue weighted by Crippen LogP contribution is -2.51. The van der Waals surface area contributed by atoms with E-state index >= 15 is 0 Å². The Labute approximate surface area is 229 Å². The van der Waals surface area contributed by atoms with Crippen molar-refractivity contribution in [1.82, 2.24) is 10.2 Å². The number of carbonyl (C=O) groups is 2. The molecule has 12 heteroatoms. The van der Waals surface area contributed by atoms with Crippen LogP contribution < -0.4 is 9.62 Å². The molecule has 1 N–H and O–H groups in total. The van der Waals surface area contributed by atoms with Crippen molar-refractivity contribution in [2.24, 2.45) is 0 Å². The van der Waals surface area contributed by atoms with E-state index in [1.807, 2.05) is 31.2 Å².